The number of likely N-dealkylation sites (N-methyl/N-ethyl adjacent to an activating group) is 1. The third kappa shape index (κ3) is 6.32. The summed E-state index contributed by atoms with van der Waals surface area (Å²) in [6.45, 7) is 3.53. The summed E-state index contributed by atoms with van der Waals surface area (Å²) < 4.78 is 45.9. The van der Waals surface area contributed by atoms with E-state index in [0.29, 0.717) is 42.5 Å². The quantitative estimate of drug-likeness (QED) is 0.382. The van der Waals surface area contributed by atoms with Gasteiger partial charge in [-0.3, -0.25) is 14.4 Å². The molecule has 2 saturated heterocycles. The molecule has 1 saturated carbocycles. The van der Waals surface area contributed by atoms with Crippen molar-refractivity contribution in [1.82, 2.24) is 14.7 Å². The summed E-state index contributed by atoms with van der Waals surface area (Å²) >= 11 is 12.5. The van der Waals surface area contributed by atoms with Crippen molar-refractivity contribution >= 4 is 40.9 Å². The van der Waals surface area contributed by atoms with E-state index in [0.717, 1.165) is 37.6 Å². The molecule has 3 amide bonds. The fourth-order valence-electron chi connectivity index (χ4n) is 6.22. The monoisotopic (exact) mass is 639 g/mol. The van der Waals surface area contributed by atoms with Crippen molar-refractivity contribution in [2.45, 2.75) is 50.7 Å². The van der Waals surface area contributed by atoms with Crippen LogP contribution < -0.4 is 4.74 Å². The molecule has 2 heterocycles. The first-order valence-corrected chi connectivity index (χ1v) is 15.0. The van der Waals surface area contributed by atoms with Gasteiger partial charge in [-0.05, 0) is 61.6 Å². The van der Waals surface area contributed by atoms with Crippen LogP contribution in [0.3, 0.4) is 0 Å². The van der Waals surface area contributed by atoms with Crippen LogP contribution in [0.4, 0.5) is 13.2 Å². The molecule has 5 rings (SSSR count). The fraction of sp³-hybridized carbons (Fsp3) is 0.516. The van der Waals surface area contributed by atoms with Crippen molar-refractivity contribution < 1.29 is 32.3 Å². The SMILES string of the molecule is COc1ccc(C(=O)N(C)[C@@H]2CN(C(=O)C3CCN(C(=O)C4(C)CC4)CC3)C[C@H]2c2ccc(Cl)c(Cl)c2)cc1C(F)(F)F. The molecule has 2 aliphatic heterocycles. The van der Waals surface area contributed by atoms with Gasteiger partial charge < -0.3 is 19.4 Å². The van der Waals surface area contributed by atoms with E-state index < -0.39 is 23.7 Å². The number of benzene rings is 2. The maximum absolute atomic E-state index is 13.8. The first-order valence-electron chi connectivity index (χ1n) is 14.3. The van der Waals surface area contributed by atoms with Gasteiger partial charge in [0.05, 0.1) is 28.8 Å². The minimum Gasteiger partial charge on any atom is -0.496 e. The number of piperidine rings is 1. The molecular formula is C31H34Cl2F3N3O4. The second-order valence-corrected chi connectivity index (χ2v) is 12.9. The molecule has 7 nitrogen and oxygen atoms in total. The lowest BCUT2D eigenvalue weighted by molar-refractivity contribution is -0.142. The second kappa shape index (κ2) is 11.8. The number of methoxy groups -OCH3 is 1. The summed E-state index contributed by atoms with van der Waals surface area (Å²) in [5.74, 6) is -1.51. The molecule has 0 aromatic heterocycles. The molecule has 0 radical (unpaired) electrons. The van der Waals surface area contributed by atoms with Crippen LogP contribution in [0.5, 0.6) is 5.75 Å². The molecule has 232 valence electrons. The van der Waals surface area contributed by atoms with E-state index in [1.165, 1.54) is 18.0 Å². The minimum absolute atomic E-state index is 0.0538. The lowest BCUT2D eigenvalue weighted by Crippen LogP contribution is -2.46. The zero-order valence-electron chi connectivity index (χ0n) is 24.2. The average molecular weight is 641 g/mol. The highest BCUT2D eigenvalue weighted by molar-refractivity contribution is 6.42. The number of rotatable bonds is 6. The van der Waals surface area contributed by atoms with E-state index in [2.05, 4.69) is 0 Å². The summed E-state index contributed by atoms with van der Waals surface area (Å²) in [6.07, 6.45) is -1.80. The molecule has 0 N–H and O–H groups in total. The minimum atomic E-state index is -4.71. The molecule has 3 fully saturated rings. The molecule has 12 heteroatoms. The number of carbonyl (C=O) groups is 3. The Morgan fingerprint density at radius 2 is 1.65 bits per heavy atom. The van der Waals surface area contributed by atoms with E-state index >= 15 is 0 Å². The topological polar surface area (TPSA) is 70.2 Å². The van der Waals surface area contributed by atoms with Crippen LogP contribution in [0.25, 0.3) is 0 Å². The van der Waals surface area contributed by atoms with Crippen molar-refractivity contribution in [3.8, 4) is 5.75 Å². The molecule has 0 bridgehead atoms. The second-order valence-electron chi connectivity index (χ2n) is 12.0. The van der Waals surface area contributed by atoms with Gasteiger partial charge in [0.2, 0.25) is 11.8 Å². The van der Waals surface area contributed by atoms with Gasteiger partial charge in [-0.1, -0.05) is 36.2 Å². The van der Waals surface area contributed by atoms with Gasteiger partial charge in [0.15, 0.2) is 0 Å². The number of ether oxygens (including phenoxy) is 1. The van der Waals surface area contributed by atoms with Crippen LogP contribution in [0.15, 0.2) is 36.4 Å². The summed E-state index contributed by atoms with van der Waals surface area (Å²) in [6, 6.07) is 7.82. The van der Waals surface area contributed by atoms with E-state index in [1.54, 1.807) is 23.1 Å². The third-order valence-electron chi connectivity index (χ3n) is 9.19. The summed E-state index contributed by atoms with van der Waals surface area (Å²) in [7, 11) is 2.67. The van der Waals surface area contributed by atoms with E-state index in [9.17, 15) is 27.6 Å². The third-order valence-corrected chi connectivity index (χ3v) is 9.93. The zero-order valence-corrected chi connectivity index (χ0v) is 25.7. The number of halogens is 5. The highest BCUT2D eigenvalue weighted by Crippen LogP contribution is 2.47. The maximum atomic E-state index is 13.8. The first-order chi connectivity index (χ1) is 20.2. The Labute approximate surface area is 258 Å². The maximum Gasteiger partial charge on any atom is 0.419 e. The smallest absolute Gasteiger partial charge is 0.419 e. The van der Waals surface area contributed by atoms with Crippen molar-refractivity contribution in [3.63, 3.8) is 0 Å². The molecule has 1 aliphatic carbocycles. The molecule has 3 aliphatic rings. The number of carbonyl (C=O) groups excluding carboxylic acids is 3. The van der Waals surface area contributed by atoms with Crippen LogP contribution >= 0.6 is 23.2 Å². The van der Waals surface area contributed by atoms with Crippen LogP contribution in [-0.2, 0) is 15.8 Å². The Hall–Kier alpha value is -2.98. The Morgan fingerprint density at radius 3 is 2.23 bits per heavy atom. The predicted octanol–water partition coefficient (Wildman–Crippen LogP) is 6.13. The van der Waals surface area contributed by atoms with Crippen LogP contribution in [0.2, 0.25) is 10.0 Å². The molecule has 2 aromatic rings. The van der Waals surface area contributed by atoms with E-state index in [4.69, 9.17) is 27.9 Å². The van der Waals surface area contributed by atoms with Gasteiger partial charge in [0, 0.05) is 56.0 Å². The van der Waals surface area contributed by atoms with E-state index in [-0.39, 0.29) is 46.9 Å². The van der Waals surface area contributed by atoms with Crippen molar-refractivity contribution in [2.24, 2.45) is 11.3 Å². The number of hydrogen-bond donors (Lipinski definition) is 0. The van der Waals surface area contributed by atoms with Crippen LogP contribution in [-0.4, -0.2) is 78.8 Å². The number of likely N-dealkylation sites (tertiary alicyclic amines) is 2. The van der Waals surface area contributed by atoms with Gasteiger partial charge in [-0.15, -0.1) is 0 Å². The Balaban J connectivity index is 1.37. The first kappa shape index (κ1) is 31.4. The number of hydrogen-bond acceptors (Lipinski definition) is 4. The zero-order chi connectivity index (χ0) is 31.3. The largest absolute Gasteiger partial charge is 0.496 e. The number of alkyl halides is 3. The Kier molecular flexibility index (Phi) is 8.66. The standard InChI is InChI=1S/C31H34Cl2F3N3O4/c1-30(10-11-30)29(42)38-12-8-18(9-13-38)28(41)39-16-21(19-4-6-23(32)24(33)15-19)25(17-39)37(2)27(40)20-5-7-26(43-3)22(14-20)31(34,35)36/h4-7,14-15,18,21,25H,8-13,16-17H2,1-3H3/t21-,25+/m0/s1. The summed E-state index contributed by atoms with van der Waals surface area (Å²) in [4.78, 5) is 45.1. The normalized spacial score (nSPS) is 22.0. The highest BCUT2D eigenvalue weighted by atomic mass is 35.5. The van der Waals surface area contributed by atoms with Crippen molar-refractivity contribution in [3.05, 3.63) is 63.1 Å². The van der Waals surface area contributed by atoms with Crippen LogP contribution in [0.1, 0.15) is 60.0 Å². The predicted molar refractivity (Wildman–Crippen MR) is 156 cm³/mol. The summed E-state index contributed by atoms with van der Waals surface area (Å²) in [5, 5.41) is 0.680. The average Bonchev–Trinajstić information content (AvgIpc) is 3.59. The van der Waals surface area contributed by atoms with Gasteiger partial charge in [0.1, 0.15) is 5.75 Å². The van der Waals surface area contributed by atoms with Gasteiger partial charge in [-0.2, -0.15) is 13.2 Å². The number of nitrogens with zero attached hydrogens (tertiary/aromatic N) is 3. The molecule has 0 spiro atoms. The van der Waals surface area contributed by atoms with Gasteiger partial charge in [-0.25, -0.2) is 0 Å². The summed E-state index contributed by atoms with van der Waals surface area (Å²) in [5.41, 5.74) is -0.680. The molecular weight excluding hydrogens is 606 g/mol. The van der Waals surface area contributed by atoms with Gasteiger partial charge >= 0.3 is 6.18 Å². The van der Waals surface area contributed by atoms with Gasteiger partial charge in [0.25, 0.3) is 5.91 Å². The van der Waals surface area contributed by atoms with Crippen molar-refractivity contribution in [2.75, 3.05) is 40.3 Å². The number of amides is 3. The highest BCUT2D eigenvalue weighted by Gasteiger charge is 2.48. The van der Waals surface area contributed by atoms with E-state index in [1.807, 2.05) is 11.8 Å². The lowest BCUT2D eigenvalue weighted by Gasteiger charge is -2.34. The Morgan fingerprint density at radius 1 is 0.977 bits per heavy atom. The molecule has 2 atom stereocenters. The molecule has 2 aromatic carbocycles. The Bertz CT molecular complexity index is 1420. The van der Waals surface area contributed by atoms with Crippen molar-refractivity contribution in [1.29, 1.82) is 0 Å². The molecule has 43 heavy (non-hydrogen) atoms. The lowest BCUT2D eigenvalue weighted by atomic mass is 9.92. The van der Waals surface area contributed by atoms with Crippen LogP contribution in [0, 0.1) is 11.3 Å². The molecule has 0 unspecified atom stereocenters. The fourth-order valence-corrected chi connectivity index (χ4v) is 6.52.